The van der Waals surface area contributed by atoms with E-state index >= 15 is 0 Å². The van der Waals surface area contributed by atoms with Crippen LogP contribution < -0.4 is 4.90 Å². The van der Waals surface area contributed by atoms with Crippen LogP contribution in [0.4, 0.5) is 17.1 Å². The number of allylic oxidation sites excluding steroid dienone is 2. The van der Waals surface area contributed by atoms with Crippen LogP contribution in [0.2, 0.25) is 0 Å². The number of rotatable bonds is 6. The maximum atomic E-state index is 12.3. The first-order valence-corrected chi connectivity index (χ1v) is 12.3. The van der Waals surface area contributed by atoms with Gasteiger partial charge < -0.3 is 9.64 Å². The Morgan fingerprint density at radius 1 is 0.694 bits per heavy atom. The molecule has 4 aromatic rings. The molecular weight excluding hydrogens is 442 g/mol. The smallest absolute Gasteiger partial charge is 0.163 e. The van der Waals surface area contributed by atoms with Crippen molar-refractivity contribution in [2.45, 2.75) is 33.1 Å². The summed E-state index contributed by atoms with van der Waals surface area (Å²) in [6.45, 7) is 8.01. The lowest BCUT2D eigenvalue weighted by Gasteiger charge is -2.28. The van der Waals surface area contributed by atoms with E-state index in [4.69, 9.17) is 4.74 Å². The fraction of sp³-hybridized carbons (Fsp3) is 0.182. The molecule has 1 aliphatic carbocycles. The zero-order chi connectivity index (χ0) is 25.4. The van der Waals surface area contributed by atoms with Crippen LogP contribution in [0, 0.1) is 0 Å². The van der Waals surface area contributed by atoms with Gasteiger partial charge >= 0.3 is 0 Å². The second-order valence-corrected chi connectivity index (χ2v) is 9.81. The summed E-state index contributed by atoms with van der Waals surface area (Å²) in [5, 5.41) is 0. The van der Waals surface area contributed by atoms with Gasteiger partial charge in [-0.15, -0.1) is 0 Å². The van der Waals surface area contributed by atoms with Crippen molar-refractivity contribution >= 4 is 28.4 Å². The van der Waals surface area contributed by atoms with Crippen LogP contribution in [-0.2, 0) is 14.9 Å². The van der Waals surface area contributed by atoms with Crippen LogP contribution in [0.1, 0.15) is 44.4 Å². The lowest BCUT2D eigenvalue weighted by Crippen LogP contribution is -2.16. The predicted molar refractivity (Wildman–Crippen MR) is 149 cm³/mol. The number of methoxy groups -OCH3 is 1. The third-order valence-corrected chi connectivity index (χ3v) is 7.26. The lowest BCUT2D eigenvalue weighted by molar-refractivity contribution is -0.111. The van der Waals surface area contributed by atoms with E-state index in [0.29, 0.717) is 11.3 Å². The van der Waals surface area contributed by atoms with Crippen molar-refractivity contribution < 1.29 is 9.53 Å². The first-order chi connectivity index (χ1) is 17.3. The van der Waals surface area contributed by atoms with Crippen LogP contribution in [0.25, 0.3) is 16.7 Å². The van der Waals surface area contributed by atoms with Crippen molar-refractivity contribution in [3.05, 3.63) is 120 Å². The van der Waals surface area contributed by atoms with Crippen LogP contribution in [0.5, 0.6) is 0 Å². The molecule has 5 rings (SSSR count). The maximum Gasteiger partial charge on any atom is 0.163 e. The fourth-order valence-corrected chi connectivity index (χ4v) is 5.39. The third kappa shape index (κ3) is 3.91. The minimum Gasteiger partial charge on any atom is -0.501 e. The first-order valence-electron chi connectivity index (χ1n) is 12.3. The first kappa shape index (κ1) is 23.6. The molecule has 3 heteroatoms. The van der Waals surface area contributed by atoms with Gasteiger partial charge in [-0.1, -0.05) is 74.5 Å². The Balaban J connectivity index is 1.63. The Bertz CT molecular complexity index is 1460. The molecule has 0 aromatic heterocycles. The number of hydrogen-bond acceptors (Lipinski definition) is 3. The van der Waals surface area contributed by atoms with Crippen LogP contribution in [0.3, 0.4) is 0 Å². The summed E-state index contributed by atoms with van der Waals surface area (Å²) in [5.74, 6) is 0.609. The van der Waals surface area contributed by atoms with Gasteiger partial charge in [-0.2, -0.15) is 0 Å². The number of hydrogen-bond donors (Lipinski definition) is 0. The van der Waals surface area contributed by atoms with Gasteiger partial charge in [-0.05, 0) is 78.1 Å². The number of nitrogens with zero attached hydrogens (tertiary/aromatic N) is 1. The molecule has 0 saturated heterocycles. The van der Waals surface area contributed by atoms with Crippen LogP contribution >= 0.6 is 0 Å². The highest BCUT2D eigenvalue weighted by Gasteiger charge is 2.35. The molecule has 0 radical (unpaired) electrons. The van der Waals surface area contributed by atoms with Gasteiger partial charge in [0.25, 0.3) is 0 Å². The highest BCUT2D eigenvalue weighted by Crippen LogP contribution is 2.50. The largest absolute Gasteiger partial charge is 0.501 e. The van der Waals surface area contributed by atoms with Crippen molar-refractivity contribution in [2.24, 2.45) is 0 Å². The quantitative estimate of drug-likeness (QED) is 0.208. The number of carbonyl (C=O) groups is 1. The molecular formula is C33H31NO2. The highest BCUT2D eigenvalue weighted by molar-refractivity contribution is 6.20. The topological polar surface area (TPSA) is 29.5 Å². The average molecular weight is 474 g/mol. The highest BCUT2D eigenvalue weighted by atomic mass is 16.5. The molecule has 180 valence electrons. The zero-order valence-electron chi connectivity index (χ0n) is 21.5. The average Bonchev–Trinajstić information content (AvgIpc) is 3.12. The van der Waals surface area contributed by atoms with Gasteiger partial charge in [0.15, 0.2) is 5.78 Å². The van der Waals surface area contributed by atoms with Crippen LogP contribution in [-0.4, -0.2) is 12.9 Å². The lowest BCUT2D eigenvalue weighted by atomic mass is 9.82. The number of Topliss-reactive ketones (excluding diaryl/α,β-unsaturated/α-hetero) is 1. The summed E-state index contributed by atoms with van der Waals surface area (Å²) in [6, 6.07) is 34.0. The third-order valence-electron chi connectivity index (χ3n) is 7.26. The van der Waals surface area contributed by atoms with Gasteiger partial charge in [0.1, 0.15) is 5.76 Å². The molecule has 4 aromatic carbocycles. The van der Waals surface area contributed by atoms with E-state index < -0.39 is 0 Å². The molecule has 1 aliphatic rings. The summed E-state index contributed by atoms with van der Waals surface area (Å²) in [4.78, 5) is 14.6. The Kier molecular flexibility index (Phi) is 6.01. The number of benzene rings is 4. The van der Waals surface area contributed by atoms with E-state index in [1.54, 1.807) is 14.0 Å². The number of para-hydroxylation sites is 1. The molecule has 0 bridgehead atoms. The molecule has 0 N–H and O–H groups in total. The number of ether oxygens (including phenoxy) is 1. The summed E-state index contributed by atoms with van der Waals surface area (Å²) >= 11 is 0. The summed E-state index contributed by atoms with van der Waals surface area (Å²) in [5.41, 5.74) is 9.89. The standard InChI is InChI=1S/C33H31NO2/c1-22(35)32(23(2)36-5)24-15-17-26(18-16-24)34(25-11-7-6-8-12-25)27-19-20-29-28-13-9-10-14-30(28)33(3,4)31(29)21-27/h6-21H,1-5H3/b32-23+. The van der Waals surface area contributed by atoms with E-state index in [-0.39, 0.29) is 11.2 Å². The molecule has 0 amide bonds. The Morgan fingerprint density at radius 2 is 1.28 bits per heavy atom. The van der Waals surface area contributed by atoms with Gasteiger partial charge in [-0.25, -0.2) is 0 Å². The van der Waals surface area contributed by atoms with Gasteiger partial charge in [0.05, 0.1) is 12.7 Å². The van der Waals surface area contributed by atoms with Gasteiger partial charge in [0, 0.05) is 22.5 Å². The Hall–Kier alpha value is -4.11. The predicted octanol–water partition coefficient (Wildman–Crippen LogP) is 8.43. The van der Waals surface area contributed by atoms with Crippen molar-refractivity contribution in [1.82, 2.24) is 0 Å². The van der Waals surface area contributed by atoms with Crippen molar-refractivity contribution in [2.75, 3.05) is 12.0 Å². The number of carbonyl (C=O) groups excluding carboxylic acids is 1. The summed E-state index contributed by atoms with van der Waals surface area (Å²) in [7, 11) is 1.59. The number of anilines is 3. The number of ketones is 1. The fourth-order valence-electron chi connectivity index (χ4n) is 5.39. The molecule has 0 fully saturated rings. The second-order valence-electron chi connectivity index (χ2n) is 9.81. The van der Waals surface area contributed by atoms with Gasteiger partial charge in [0.2, 0.25) is 0 Å². The Labute approximate surface area is 213 Å². The minimum absolute atomic E-state index is 0.0116. The minimum atomic E-state index is -0.0764. The maximum absolute atomic E-state index is 12.3. The molecule has 3 nitrogen and oxygen atoms in total. The summed E-state index contributed by atoms with van der Waals surface area (Å²) < 4.78 is 5.38. The normalized spacial score (nSPS) is 13.9. The monoisotopic (exact) mass is 473 g/mol. The molecule has 0 aliphatic heterocycles. The molecule has 0 spiro atoms. The molecule has 0 unspecified atom stereocenters. The van der Waals surface area contributed by atoms with E-state index in [1.165, 1.54) is 22.3 Å². The zero-order valence-corrected chi connectivity index (χ0v) is 21.5. The van der Waals surface area contributed by atoms with E-state index in [1.807, 2.05) is 25.1 Å². The van der Waals surface area contributed by atoms with Crippen LogP contribution in [0.15, 0.2) is 103 Å². The summed E-state index contributed by atoms with van der Waals surface area (Å²) in [6.07, 6.45) is 0. The SMILES string of the molecule is CO/C(C)=C(\C(C)=O)c1ccc(N(c2ccccc2)c2ccc3c(c2)C(C)(C)c2ccccc2-3)cc1. The van der Waals surface area contributed by atoms with Crippen molar-refractivity contribution in [1.29, 1.82) is 0 Å². The van der Waals surface area contributed by atoms with E-state index in [9.17, 15) is 4.79 Å². The second kappa shape index (κ2) is 9.16. The van der Waals surface area contributed by atoms with E-state index in [2.05, 4.69) is 97.6 Å². The molecule has 0 saturated carbocycles. The Morgan fingerprint density at radius 3 is 1.94 bits per heavy atom. The van der Waals surface area contributed by atoms with E-state index in [0.717, 1.165) is 22.6 Å². The molecule has 36 heavy (non-hydrogen) atoms. The van der Waals surface area contributed by atoms with Gasteiger partial charge in [-0.3, -0.25) is 4.79 Å². The molecule has 0 heterocycles. The van der Waals surface area contributed by atoms with Crippen molar-refractivity contribution in [3.63, 3.8) is 0 Å². The number of fused-ring (bicyclic) bond motifs is 3. The van der Waals surface area contributed by atoms with Crippen molar-refractivity contribution in [3.8, 4) is 11.1 Å². The molecule has 0 atom stereocenters.